The third kappa shape index (κ3) is 2.58. The number of methoxy groups -OCH3 is 1. The number of hydrogen-bond acceptors (Lipinski definition) is 5. The first-order valence-corrected chi connectivity index (χ1v) is 7.95. The van der Waals surface area contributed by atoms with E-state index in [0.717, 1.165) is 0 Å². The Labute approximate surface area is 150 Å². The van der Waals surface area contributed by atoms with Crippen LogP contribution in [0.4, 0.5) is 0 Å². The monoisotopic (exact) mass is 345 g/mol. The van der Waals surface area contributed by atoms with Crippen LogP contribution in [0.3, 0.4) is 0 Å². The second-order valence-corrected chi connectivity index (χ2v) is 6.01. The fourth-order valence-electron chi connectivity index (χ4n) is 3.44. The summed E-state index contributed by atoms with van der Waals surface area (Å²) in [6.07, 6.45) is 1.68. The van der Waals surface area contributed by atoms with Crippen molar-refractivity contribution in [2.24, 2.45) is 5.41 Å². The molecule has 6 heteroatoms. The van der Waals surface area contributed by atoms with E-state index >= 15 is 0 Å². The number of nitro groups is 1. The van der Waals surface area contributed by atoms with Crippen LogP contribution in [0.25, 0.3) is 5.57 Å². The average Bonchev–Trinajstić information content (AvgIpc) is 3.04. The second-order valence-electron chi connectivity index (χ2n) is 6.01. The van der Waals surface area contributed by atoms with Crippen LogP contribution in [0.15, 0.2) is 60.7 Å². The van der Waals surface area contributed by atoms with E-state index in [4.69, 9.17) is 4.74 Å². The average molecular weight is 345 g/mol. The van der Waals surface area contributed by atoms with Crippen molar-refractivity contribution in [1.29, 1.82) is 10.5 Å². The van der Waals surface area contributed by atoms with Crippen molar-refractivity contribution in [2.45, 2.75) is 12.0 Å². The maximum atomic E-state index is 11.9. The van der Waals surface area contributed by atoms with Crippen LogP contribution in [0.2, 0.25) is 0 Å². The third-order valence-corrected chi connectivity index (χ3v) is 4.72. The van der Waals surface area contributed by atoms with Gasteiger partial charge >= 0.3 is 0 Å². The molecule has 0 aromatic heterocycles. The smallest absolute Gasteiger partial charge is 0.258 e. The molecular formula is C20H15N3O3. The summed E-state index contributed by atoms with van der Waals surface area (Å²) >= 11 is 0. The summed E-state index contributed by atoms with van der Waals surface area (Å²) in [5.41, 5.74) is -0.174. The zero-order chi connectivity index (χ0) is 18.7. The zero-order valence-electron chi connectivity index (χ0n) is 14.0. The van der Waals surface area contributed by atoms with Crippen molar-refractivity contribution in [3.05, 3.63) is 81.9 Å². The molecule has 0 saturated heterocycles. The lowest BCUT2D eigenvalue weighted by Gasteiger charge is -2.22. The maximum Gasteiger partial charge on any atom is 0.258 e. The molecule has 0 spiro atoms. The number of nitriles is 2. The summed E-state index contributed by atoms with van der Waals surface area (Å²) in [4.78, 5) is 11.3. The van der Waals surface area contributed by atoms with Gasteiger partial charge in [-0.15, -0.1) is 0 Å². The van der Waals surface area contributed by atoms with Gasteiger partial charge in [0.25, 0.3) is 6.04 Å². The predicted molar refractivity (Wildman–Crippen MR) is 94.6 cm³/mol. The van der Waals surface area contributed by atoms with E-state index in [1.807, 2.05) is 18.2 Å². The molecule has 0 aliphatic heterocycles. The van der Waals surface area contributed by atoms with Gasteiger partial charge in [0.05, 0.1) is 25.2 Å². The summed E-state index contributed by atoms with van der Waals surface area (Å²) in [6.45, 7) is 0. The molecule has 0 saturated carbocycles. The molecule has 0 fully saturated rings. The molecule has 0 N–H and O–H groups in total. The highest BCUT2D eigenvalue weighted by Gasteiger charge is 2.60. The Bertz CT molecular complexity index is 923. The molecule has 0 heterocycles. The molecule has 128 valence electrons. The first kappa shape index (κ1) is 17.2. The molecule has 2 aromatic rings. The Hall–Kier alpha value is -3.64. The summed E-state index contributed by atoms with van der Waals surface area (Å²) < 4.78 is 5.13. The van der Waals surface area contributed by atoms with E-state index < -0.39 is 22.3 Å². The second kappa shape index (κ2) is 6.70. The Kier molecular flexibility index (Phi) is 4.43. The Morgan fingerprint density at radius 2 is 1.69 bits per heavy atom. The lowest BCUT2D eigenvalue weighted by molar-refractivity contribution is -0.532. The molecule has 6 nitrogen and oxygen atoms in total. The van der Waals surface area contributed by atoms with Crippen molar-refractivity contribution in [3.63, 3.8) is 0 Å². The molecule has 2 aromatic carbocycles. The number of ether oxygens (including phenoxy) is 1. The van der Waals surface area contributed by atoms with Crippen LogP contribution in [-0.2, 0) is 0 Å². The van der Waals surface area contributed by atoms with Gasteiger partial charge in [-0.3, -0.25) is 10.1 Å². The highest BCUT2D eigenvalue weighted by atomic mass is 16.6. The number of hydrogen-bond donors (Lipinski definition) is 0. The van der Waals surface area contributed by atoms with E-state index in [2.05, 4.69) is 0 Å². The van der Waals surface area contributed by atoms with Gasteiger partial charge in [0, 0.05) is 4.92 Å². The summed E-state index contributed by atoms with van der Waals surface area (Å²) in [5.74, 6) is -0.0612. The highest BCUT2D eigenvalue weighted by Crippen LogP contribution is 2.51. The third-order valence-electron chi connectivity index (χ3n) is 4.72. The number of rotatable bonds is 4. The first-order valence-electron chi connectivity index (χ1n) is 7.95. The molecule has 2 unspecified atom stereocenters. The van der Waals surface area contributed by atoms with Gasteiger partial charge in [0.15, 0.2) is 0 Å². The largest absolute Gasteiger partial charge is 0.497 e. The molecule has 0 radical (unpaired) electrons. The van der Waals surface area contributed by atoms with Gasteiger partial charge in [-0.1, -0.05) is 48.5 Å². The summed E-state index contributed by atoms with van der Waals surface area (Å²) in [5, 5.41) is 31.4. The van der Waals surface area contributed by atoms with Crippen molar-refractivity contribution >= 4 is 5.57 Å². The molecule has 0 amide bonds. The highest BCUT2D eigenvalue weighted by molar-refractivity contribution is 5.80. The first-order chi connectivity index (χ1) is 12.6. The van der Waals surface area contributed by atoms with Crippen molar-refractivity contribution in [3.8, 4) is 17.9 Å². The Morgan fingerprint density at radius 3 is 2.19 bits per heavy atom. The molecule has 0 bridgehead atoms. The van der Waals surface area contributed by atoms with Crippen molar-refractivity contribution in [2.75, 3.05) is 7.11 Å². The molecule has 26 heavy (non-hydrogen) atoms. The standard InChI is InChI=1S/C20H15N3O3/c1-26-16-9-7-14(8-10-16)17-11-18(15-5-3-2-4-6-15)20(12-21,13-22)19(17)23(24)25/h2-11,17,19H,1H3. The van der Waals surface area contributed by atoms with Crippen LogP contribution in [0, 0.1) is 38.2 Å². The molecule has 2 atom stereocenters. The lowest BCUT2D eigenvalue weighted by Crippen LogP contribution is -2.39. The summed E-state index contributed by atoms with van der Waals surface area (Å²) in [7, 11) is 1.54. The fourth-order valence-corrected chi connectivity index (χ4v) is 3.44. The Morgan fingerprint density at radius 1 is 1.08 bits per heavy atom. The minimum atomic E-state index is -1.85. The molecule has 3 rings (SSSR count). The van der Waals surface area contributed by atoms with Crippen LogP contribution in [0.5, 0.6) is 5.75 Å². The maximum absolute atomic E-state index is 11.9. The molecule has 1 aliphatic carbocycles. The SMILES string of the molecule is COc1ccc(C2C=C(c3ccccc3)C(C#N)(C#N)C2[N+](=O)[O-])cc1. The van der Waals surface area contributed by atoms with E-state index in [-0.39, 0.29) is 0 Å². The van der Waals surface area contributed by atoms with Gasteiger partial charge in [-0.2, -0.15) is 10.5 Å². The van der Waals surface area contributed by atoms with Crippen LogP contribution < -0.4 is 4.74 Å². The van der Waals surface area contributed by atoms with Crippen molar-refractivity contribution < 1.29 is 9.66 Å². The fraction of sp³-hybridized carbons (Fsp3) is 0.200. The lowest BCUT2D eigenvalue weighted by atomic mass is 9.75. The zero-order valence-corrected chi connectivity index (χ0v) is 14.0. The van der Waals surface area contributed by atoms with Gasteiger partial charge in [-0.25, -0.2) is 0 Å². The van der Waals surface area contributed by atoms with Gasteiger partial charge in [0.2, 0.25) is 5.41 Å². The topological polar surface area (TPSA) is 99.9 Å². The minimum absolute atomic E-state index is 0.380. The molecule has 1 aliphatic rings. The van der Waals surface area contributed by atoms with Gasteiger partial charge in [-0.05, 0) is 28.8 Å². The number of benzene rings is 2. The van der Waals surface area contributed by atoms with E-state index in [0.29, 0.717) is 22.4 Å². The number of nitrogens with zero attached hydrogens (tertiary/aromatic N) is 3. The van der Waals surface area contributed by atoms with Crippen LogP contribution in [0.1, 0.15) is 17.0 Å². The van der Waals surface area contributed by atoms with Gasteiger partial charge < -0.3 is 4.74 Å². The predicted octanol–water partition coefficient (Wildman–Crippen LogP) is 3.55. The summed E-state index contributed by atoms with van der Waals surface area (Å²) in [6, 6.07) is 18.2. The van der Waals surface area contributed by atoms with E-state index in [9.17, 15) is 20.6 Å². The van der Waals surface area contributed by atoms with Crippen LogP contribution >= 0.6 is 0 Å². The van der Waals surface area contributed by atoms with E-state index in [1.165, 1.54) is 7.11 Å². The molecular weight excluding hydrogens is 330 g/mol. The Balaban J connectivity index is 2.20. The minimum Gasteiger partial charge on any atom is -0.497 e. The van der Waals surface area contributed by atoms with Crippen LogP contribution in [-0.4, -0.2) is 18.1 Å². The van der Waals surface area contributed by atoms with E-state index in [1.54, 1.807) is 54.6 Å². The van der Waals surface area contributed by atoms with Gasteiger partial charge in [0.1, 0.15) is 5.75 Å². The normalized spacial score (nSPS) is 20.5. The quantitative estimate of drug-likeness (QED) is 0.623. The van der Waals surface area contributed by atoms with Crippen molar-refractivity contribution in [1.82, 2.24) is 0 Å².